The van der Waals surface area contributed by atoms with Gasteiger partial charge in [0, 0.05) is 25.7 Å². The zero-order valence-electron chi connectivity index (χ0n) is 51.9. The fourth-order valence-corrected chi connectivity index (χ4v) is 10.8. The van der Waals surface area contributed by atoms with E-state index in [1.165, 1.54) is 116 Å². The average Bonchev–Trinajstić information content (AvgIpc) is 3.43. The van der Waals surface area contributed by atoms with E-state index in [4.69, 9.17) is 37.0 Å². The third-order valence-electron chi connectivity index (χ3n) is 14.3. The van der Waals surface area contributed by atoms with Crippen LogP contribution in [0.4, 0.5) is 0 Å². The quantitative estimate of drug-likeness (QED) is 0.0222. The van der Waals surface area contributed by atoms with Crippen LogP contribution in [0.15, 0.2) is 0 Å². The van der Waals surface area contributed by atoms with Crippen LogP contribution in [0.1, 0.15) is 311 Å². The van der Waals surface area contributed by atoms with Crippen molar-refractivity contribution in [1.29, 1.82) is 0 Å². The van der Waals surface area contributed by atoms with Gasteiger partial charge in [-0.25, -0.2) is 9.13 Å². The molecule has 0 aromatic rings. The molecule has 0 aromatic carbocycles. The monoisotopic (exact) mass is 1200 g/mol. The van der Waals surface area contributed by atoms with Crippen molar-refractivity contribution in [2.45, 2.75) is 329 Å². The fraction of sp³-hybridized carbons (Fsp3) is 0.935. The van der Waals surface area contributed by atoms with Crippen molar-refractivity contribution >= 4 is 39.5 Å². The van der Waals surface area contributed by atoms with Crippen LogP contribution in [0, 0.1) is 5.92 Å². The topological polar surface area (TPSA) is 237 Å². The molecule has 0 saturated carbocycles. The molecule has 0 aliphatic heterocycles. The van der Waals surface area contributed by atoms with Gasteiger partial charge in [0.15, 0.2) is 12.2 Å². The van der Waals surface area contributed by atoms with E-state index < -0.39 is 97.5 Å². The third-order valence-corrected chi connectivity index (χ3v) is 16.2. The van der Waals surface area contributed by atoms with Crippen molar-refractivity contribution in [2.75, 3.05) is 39.6 Å². The first-order valence-electron chi connectivity index (χ1n) is 32.6. The van der Waals surface area contributed by atoms with Crippen molar-refractivity contribution in [3.63, 3.8) is 0 Å². The summed E-state index contributed by atoms with van der Waals surface area (Å²) in [6.07, 6.45) is 39.5. The summed E-state index contributed by atoms with van der Waals surface area (Å²) in [5.74, 6) is -1.35. The number of phosphoric acid groups is 2. The Bertz CT molecular complexity index is 1580. The number of rotatable bonds is 62. The maximum absolute atomic E-state index is 13.0. The SMILES string of the molecule is CCCCCCCCCCCCCC(=O)OC[C@H](COP(=O)(O)OC[C@@H](O)COP(=O)(O)OC[C@@H](COC(=O)CCCCCCC)OC(=O)CCCCCCCCC)OC(=O)CCCCCCCCCCCCCCCCCC(C)C. The second kappa shape index (κ2) is 55.9. The summed E-state index contributed by atoms with van der Waals surface area (Å²) in [5.41, 5.74) is 0. The molecule has 0 rings (SSSR count). The van der Waals surface area contributed by atoms with Crippen LogP contribution in [0.3, 0.4) is 0 Å². The summed E-state index contributed by atoms with van der Waals surface area (Å²) in [7, 11) is -9.87. The van der Waals surface area contributed by atoms with E-state index in [1.807, 2.05) is 0 Å². The molecule has 0 amide bonds. The highest BCUT2D eigenvalue weighted by molar-refractivity contribution is 7.47. The Kier molecular flexibility index (Phi) is 54.6. The van der Waals surface area contributed by atoms with Crippen LogP contribution in [-0.2, 0) is 65.4 Å². The van der Waals surface area contributed by atoms with Gasteiger partial charge < -0.3 is 33.8 Å². The number of aliphatic hydroxyl groups is 1. The second-order valence-electron chi connectivity index (χ2n) is 22.9. The molecule has 0 fully saturated rings. The Balaban J connectivity index is 5.11. The van der Waals surface area contributed by atoms with Gasteiger partial charge in [0.25, 0.3) is 0 Å². The first kappa shape index (κ1) is 79.1. The van der Waals surface area contributed by atoms with E-state index in [2.05, 4.69) is 34.6 Å². The molecular weight excluding hydrogens is 1080 g/mol. The molecule has 0 radical (unpaired) electrons. The minimum atomic E-state index is -4.94. The maximum atomic E-state index is 13.0. The van der Waals surface area contributed by atoms with Gasteiger partial charge in [-0.1, -0.05) is 259 Å². The lowest BCUT2D eigenvalue weighted by molar-refractivity contribution is -0.161. The summed E-state index contributed by atoms with van der Waals surface area (Å²) >= 11 is 0. The van der Waals surface area contributed by atoms with Crippen molar-refractivity contribution in [3.05, 3.63) is 0 Å². The van der Waals surface area contributed by atoms with Crippen LogP contribution >= 0.6 is 15.6 Å². The van der Waals surface area contributed by atoms with E-state index in [1.54, 1.807) is 0 Å². The number of carbonyl (C=O) groups is 4. The van der Waals surface area contributed by atoms with E-state index in [0.717, 1.165) is 115 Å². The Morgan fingerprint density at radius 2 is 0.568 bits per heavy atom. The van der Waals surface area contributed by atoms with E-state index in [-0.39, 0.29) is 25.7 Å². The molecule has 0 saturated heterocycles. The molecule has 0 aliphatic rings. The van der Waals surface area contributed by atoms with Crippen LogP contribution in [0.25, 0.3) is 0 Å². The zero-order chi connectivity index (χ0) is 59.9. The second-order valence-corrected chi connectivity index (χ2v) is 25.8. The van der Waals surface area contributed by atoms with Crippen molar-refractivity contribution in [2.24, 2.45) is 5.92 Å². The van der Waals surface area contributed by atoms with E-state index >= 15 is 0 Å². The molecule has 0 aromatic heterocycles. The minimum absolute atomic E-state index is 0.103. The summed E-state index contributed by atoms with van der Waals surface area (Å²) in [5, 5.41) is 10.5. The molecule has 0 bridgehead atoms. The van der Waals surface area contributed by atoms with Crippen LogP contribution in [-0.4, -0.2) is 96.7 Å². The van der Waals surface area contributed by atoms with Crippen LogP contribution in [0.2, 0.25) is 0 Å². The molecule has 5 atom stereocenters. The predicted octanol–water partition coefficient (Wildman–Crippen LogP) is 17.0. The van der Waals surface area contributed by atoms with Crippen molar-refractivity contribution < 1.29 is 80.2 Å². The van der Waals surface area contributed by atoms with Gasteiger partial charge in [0.1, 0.15) is 19.3 Å². The lowest BCUT2D eigenvalue weighted by atomic mass is 10.0. The molecule has 19 heteroatoms. The molecule has 17 nitrogen and oxygen atoms in total. The van der Waals surface area contributed by atoms with Crippen LogP contribution < -0.4 is 0 Å². The lowest BCUT2D eigenvalue weighted by Gasteiger charge is -2.21. The van der Waals surface area contributed by atoms with E-state index in [9.17, 15) is 43.2 Å². The highest BCUT2D eigenvalue weighted by atomic mass is 31.2. The van der Waals surface area contributed by atoms with Gasteiger partial charge in [-0.05, 0) is 31.6 Å². The molecular formula is C62H120O17P2. The first-order valence-corrected chi connectivity index (χ1v) is 35.6. The standard InChI is InChI=1S/C62H120O17P2/c1-6-9-12-15-17-18-24-28-32-36-41-46-60(65)73-52-58(79-62(67)48-43-38-33-29-26-23-21-19-20-22-25-27-31-35-39-44-55(4)5)54-77-81(70,71)75-50-56(63)49-74-80(68,69)76-53-57(51-72-59(64)45-40-34-14-11-8-3)78-61(66)47-42-37-30-16-13-10-7-2/h55-58,63H,6-54H2,1-5H3,(H,68,69)(H,70,71)/t56-,57+,58+/m0/s1. The van der Waals surface area contributed by atoms with Gasteiger partial charge in [0.05, 0.1) is 26.4 Å². The highest BCUT2D eigenvalue weighted by Crippen LogP contribution is 2.45. The Morgan fingerprint density at radius 3 is 0.840 bits per heavy atom. The number of aliphatic hydroxyl groups excluding tert-OH is 1. The molecule has 0 aliphatic carbocycles. The first-order chi connectivity index (χ1) is 39.0. The number of carbonyl (C=O) groups excluding carboxylic acids is 4. The molecule has 480 valence electrons. The summed E-state index contributed by atoms with van der Waals surface area (Å²) in [4.78, 5) is 71.7. The summed E-state index contributed by atoms with van der Waals surface area (Å²) in [6.45, 7) is 7.07. The maximum Gasteiger partial charge on any atom is 0.472 e. The highest BCUT2D eigenvalue weighted by Gasteiger charge is 2.30. The number of hydrogen-bond acceptors (Lipinski definition) is 15. The van der Waals surface area contributed by atoms with Gasteiger partial charge in [0.2, 0.25) is 0 Å². The van der Waals surface area contributed by atoms with Gasteiger partial charge in [-0.15, -0.1) is 0 Å². The minimum Gasteiger partial charge on any atom is -0.462 e. The number of ether oxygens (including phenoxy) is 4. The van der Waals surface area contributed by atoms with Gasteiger partial charge >= 0.3 is 39.5 Å². The van der Waals surface area contributed by atoms with Crippen molar-refractivity contribution in [1.82, 2.24) is 0 Å². The average molecular weight is 1200 g/mol. The van der Waals surface area contributed by atoms with Gasteiger partial charge in [-0.3, -0.25) is 37.3 Å². The van der Waals surface area contributed by atoms with E-state index in [0.29, 0.717) is 25.7 Å². The molecule has 0 spiro atoms. The number of phosphoric ester groups is 2. The van der Waals surface area contributed by atoms with Gasteiger partial charge in [-0.2, -0.15) is 0 Å². The Labute approximate surface area is 492 Å². The zero-order valence-corrected chi connectivity index (χ0v) is 53.7. The molecule has 0 heterocycles. The number of esters is 4. The molecule has 3 N–H and O–H groups in total. The number of unbranched alkanes of at least 4 members (excludes halogenated alkanes) is 34. The summed E-state index contributed by atoms with van der Waals surface area (Å²) < 4.78 is 67.6. The Morgan fingerprint density at radius 1 is 0.333 bits per heavy atom. The van der Waals surface area contributed by atoms with Crippen LogP contribution in [0.5, 0.6) is 0 Å². The fourth-order valence-electron chi connectivity index (χ4n) is 9.23. The molecule has 81 heavy (non-hydrogen) atoms. The normalized spacial score (nSPS) is 14.3. The smallest absolute Gasteiger partial charge is 0.462 e. The number of hydrogen-bond donors (Lipinski definition) is 3. The Hall–Kier alpha value is -1.94. The van der Waals surface area contributed by atoms with Crippen molar-refractivity contribution in [3.8, 4) is 0 Å². The third kappa shape index (κ3) is 56.9. The predicted molar refractivity (Wildman–Crippen MR) is 322 cm³/mol. The lowest BCUT2D eigenvalue weighted by Crippen LogP contribution is -2.30. The molecule has 2 unspecified atom stereocenters. The largest absolute Gasteiger partial charge is 0.472 e. The summed E-state index contributed by atoms with van der Waals surface area (Å²) in [6, 6.07) is 0.